The van der Waals surface area contributed by atoms with Gasteiger partial charge in [0.05, 0.1) is 11.1 Å². The third-order valence-electron chi connectivity index (χ3n) is 3.27. The number of fused-ring (bicyclic) bond motifs is 1. The Hall–Kier alpha value is -3.13. The van der Waals surface area contributed by atoms with Gasteiger partial charge in [0.15, 0.2) is 0 Å². The lowest BCUT2D eigenvalue weighted by Crippen LogP contribution is -2.27. The highest BCUT2D eigenvalue weighted by atomic mass is 16.4. The van der Waals surface area contributed by atoms with Crippen LogP contribution in [0.4, 0.5) is 0 Å². The number of carboxylic acids is 2. The number of carbonyl (C=O) groups excluding carboxylic acids is 1. The van der Waals surface area contributed by atoms with E-state index in [1.54, 1.807) is 0 Å². The van der Waals surface area contributed by atoms with Crippen molar-refractivity contribution in [3.05, 3.63) is 48.2 Å². The number of benzene rings is 1. The molecule has 4 N–H and O–H groups in total. The molecule has 0 atom stereocenters. The first-order valence-corrected chi connectivity index (χ1v) is 7.94. The Labute approximate surface area is 151 Å². The second-order valence-electron chi connectivity index (χ2n) is 5.67. The van der Waals surface area contributed by atoms with Crippen LogP contribution < -0.4 is 5.32 Å². The minimum Gasteiger partial charge on any atom is -0.478 e. The highest BCUT2D eigenvalue weighted by molar-refractivity contribution is 6.05. The van der Waals surface area contributed by atoms with Gasteiger partial charge in [-0.2, -0.15) is 0 Å². The molecule has 1 heterocycles. The molecular weight excluding hydrogens is 338 g/mol. The van der Waals surface area contributed by atoms with Gasteiger partial charge in [0.1, 0.15) is 0 Å². The SMILES string of the molecule is CN(C)CCCNC(=O)c1cccc2cc[nH]c12.O=C(O)C=CC(=O)O. The van der Waals surface area contributed by atoms with Gasteiger partial charge in [0.2, 0.25) is 0 Å². The van der Waals surface area contributed by atoms with E-state index in [9.17, 15) is 14.4 Å². The third kappa shape index (κ3) is 7.63. The molecule has 26 heavy (non-hydrogen) atoms. The quantitative estimate of drug-likeness (QED) is 0.438. The molecule has 0 saturated heterocycles. The summed E-state index contributed by atoms with van der Waals surface area (Å²) in [6.07, 6.45) is 3.93. The Morgan fingerprint density at radius 3 is 2.35 bits per heavy atom. The Balaban J connectivity index is 0.000000359. The second kappa shape index (κ2) is 10.7. The predicted molar refractivity (Wildman–Crippen MR) is 98.2 cm³/mol. The van der Waals surface area contributed by atoms with Gasteiger partial charge in [-0.05, 0) is 39.2 Å². The first-order valence-electron chi connectivity index (χ1n) is 7.94. The maximum atomic E-state index is 12.1. The van der Waals surface area contributed by atoms with Gasteiger partial charge in [-0.3, -0.25) is 4.79 Å². The lowest BCUT2D eigenvalue weighted by molar-refractivity contribution is -0.134. The summed E-state index contributed by atoms with van der Waals surface area (Å²) in [5.41, 5.74) is 1.62. The number of carbonyl (C=O) groups is 3. The maximum Gasteiger partial charge on any atom is 0.328 e. The van der Waals surface area contributed by atoms with E-state index in [4.69, 9.17) is 10.2 Å². The molecule has 8 nitrogen and oxygen atoms in total. The zero-order valence-electron chi connectivity index (χ0n) is 14.7. The fourth-order valence-electron chi connectivity index (χ4n) is 2.11. The molecule has 2 aromatic rings. The summed E-state index contributed by atoms with van der Waals surface area (Å²) in [6, 6.07) is 7.72. The summed E-state index contributed by atoms with van der Waals surface area (Å²) in [5.74, 6) is -2.53. The van der Waals surface area contributed by atoms with Gasteiger partial charge >= 0.3 is 11.9 Å². The van der Waals surface area contributed by atoms with Gasteiger partial charge in [0.25, 0.3) is 5.91 Å². The van der Waals surface area contributed by atoms with E-state index in [0.29, 0.717) is 24.3 Å². The van der Waals surface area contributed by atoms with Gasteiger partial charge in [-0.15, -0.1) is 0 Å². The fourth-order valence-corrected chi connectivity index (χ4v) is 2.11. The maximum absolute atomic E-state index is 12.1. The average molecular weight is 361 g/mol. The van der Waals surface area contributed by atoms with Crippen LogP contribution in [0.2, 0.25) is 0 Å². The smallest absolute Gasteiger partial charge is 0.328 e. The minimum atomic E-state index is -1.26. The van der Waals surface area contributed by atoms with Crippen LogP contribution in [0.1, 0.15) is 16.8 Å². The van der Waals surface area contributed by atoms with Crippen molar-refractivity contribution < 1.29 is 24.6 Å². The predicted octanol–water partition coefficient (Wildman–Crippen LogP) is 1.56. The molecule has 0 aliphatic rings. The standard InChI is InChI=1S/C14H19N3O.C4H4O4/c1-17(2)10-4-8-16-14(18)12-6-3-5-11-7-9-15-13(11)12;5-3(6)1-2-4(7)8/h3,5-7,9,15H,4,8,10H2,1-2H3,(H,16,18);1-2H,(H,5,6)(H,7,8). The van der Waals surface area contributed by atoms with Crippen LogP contribution in [0.15, 0.2) is 42.6 Å². The number of hydrogen-bond donors (Lipinski definition) is 4. The van der Waals surface area contributed by atoms with Crippen LogP contribution in [0.5, 0.6) is 0 Å². The van der Waals surface area contributed by atoms with Crippen molar-refractivity contribution in [2.75, 3.05) is 27.2 Å². The lowest BCUT2D eigenvalue weighted by Gasteiger charge is -2.10. The van der Waals surface area contributed by atoms with E-state index < -0.39 is 11.9 Å². The molecule has 1 aromatic heterocycles. The number of hydrogen-bond acceptors (Lipinski definition) is 4. The van der Waals surface area contributed by atoms with E-state index in [0.717, 1.165) is 23.9 Å². The molecular formula is C18H23N3O5. The van der Waals surface area contributed by atoms with E-state index >= 15 is 0 Å². The van der Waals surface area contributed by atoms with Crippen molar-refractivity contribution >= 4 is 28.7 Å². The highest BCUT2D eigenvalue weighted by Gasteiger charge is 2.09. The fraction of sp³-hybridized carbons (Fsp3) is 0.278. The number of nitrogens with one attached hydrogen (secondary N) is 2. The molecule has 1 amide bonds. The van der Waals surface area contributed by atoms with Crippen molar-refractivity contribution in [1.82, 2.24) is 15.2 Å². The zero-order chi connectivity index (χ0) is 19.5. The second-order valence-corrected chi connectivity index (χ2v) is 5.67. The van der Waals surface area contributed by atoms with Crippen LogP contribution in [0.3, 0.4) is 0 Å². The highest BCUT2D eigenvalue weighted by Crippen LogP contribution is 2.16. The van der Waals surface area contributed by atoms with Crippen LogP contribution in [0.25, 0.3) is 10.9 Å². The van der Waals surface area contributed by atoms with Gasteiger partial charge < -0.3 is 25.4 Å². The summed E-state index contributed by atoms with van der Waals surface area (Å²) in [5, 5.41) is 19.6. The molecule has 0 saturated carbocycles. The molecule has 140 valence electrons. The summed E-state index contributed by atoms with van der Waals surface area (Å²) >= 11 is 0. The normalized spacial score (nSPS) is 10.6. The molecule has 0 fully saturated rings. The Kier molecular flexibility index (Phi) is 8.59. The van der Waals surface area contributed by atoms with Gasteiger partial charge in [-0.1, -0.05) is 12.1 Å². The number of nitrogens with zero attached hydrogens (tertiary/aromatic N) is 1. The molecule has 0 spiro atoms. The molecule has 1 aromatic carbocycles. The average Bonchev–Trinajstić information content (AvgIpc) is 3.05. The van der Waals surface area contributed by atoms with Crippen molar-refractivity contribution in [3.8, 4) is 0 Å². The van der Waals surface area contributed by atoms with Crippen molar-refractivity contribution in [2.45, 2.75) is 6.42 Å². The monoisotopic (exact) mass is 361 g/mol. The summed E-state index contributed by atoms with van der Waals surface area (Å²) < 4.78 is 0. The zero-order valence-corrected chi connectivity index (χ0v) is 14.7. The first-order chi connectivity index (χ1) is 12.3. The Morgan fingerprint density at radius 1 is 1.12 bits per heavy atom. The van der Waals surface area contributed by atoms with E-state index in [-0.39, 0.29) is 5.91 Å². The van der Waals surface area contributed by atoms with Crippen molar-refractivity contribution in [3.63, 3.8) is 0 Å². The molecule has 0 bridgehead atoms. The number of H-pyrrole nitrogens is 1. The number of aliphatic carboxylic acids is 2. The van der Waals surface area contributed by atoms with E-state index in [1.165, 1.54) is 0 Å². The van der Waals surface area contributed by atoms with Crippen LogP contribution in [-0.4, -0.2) is 65.1 Å². The summed E-state index contributed by atoms with van der Waals surface area (Å²) in [7, 11) is 4.06. The largest absolute Gasteiger partial charge is 0.478 e. The molecule has 0 radical (unpaired) electrons. The Bertz CT molecular complexity index is 764. The molecule has 0 aliphatic heterocycles. The molecule has 0 unspecified atom stereocenters. The number of amides is 1. The van der Waals surface area contributed by atoms with Crippen molar-refractivity contribution in [1.29, 1.82) is 0 Å². The summed E-state index contributed by atoms with van der Waals surface area (Å²) in [4.78, 5) is 36.4. The lowest BCUT2D eigenvalue weighted by atomic mass is 10.1. The van der Waals surface area contributed by atoms with Crippen molar-refractivity contribution in [2.24, 2.45) is 0 Å². The van der Waals surface area contributed by atoms with Gasteiger partial charge in [0, 0.05) is 30.3 Å². The molecule has 2 rings (SSSR count). The van der Waals surface area contributed by atoms with Crippen LogP contribution >= 0.6 is 0 Å². The molecule has 8 heteroatoms. The third-order valence-corrected chi connectivity index (χ3v) is 3.27. The number of rotatable bonds is 7. The summed E-state index contributed by atoms with van der Waals surface area (Å²) in [6.45, 7) is 1.68. The van der Waals surface area contributed by atoms with Crippen LogP contribution in [0, 0.1) is 0 Å². The van der Waals surface area contributed by atoms with Gasteiger partial charge in [-0.25, -0.2) is 9.59 Å². The minimum absolute atomic E-state index is 0.0122. The number of aromatic nitrogens is 1. The Morgan fingerprint density at radius 2 is 1.77 bits per heavy atom. The van der Waals surface area contributed by atoms with E-state index in [2.05, 4.69) is 15.2 Å². The number of aromatic amines is 1. The number of carboxylic acid groups (broad SMARTS) is 2. The van der Waals surface area contributed by atoms with E-state index in [1.807, 2.05) is 44.6 Å². The topological polar surface area (TPSA) is 123 Å². The molecule has 0 aliphatic carbocycles. The number of para-hydroxylation sites is 1. The first kappa shape index (κ1) is 20.9. The van der Waals surface area contributed by atoms with Crippen LogP contribution in [-0.2, 0) is 9.59 Å².